The quantitative estimate of drug-likeness (QED) is 0.917. The number of benzene rings is 2. The average molecular weight is 329 g/mol. The fourth-order valence-electron chi connectivity index (χ4n) is 2.14. The van der Waals surface area contributed by atoms with Crippen LogP contribution in [0.3, 0.4) is 0 Å². The summed E-state index contributed by atoms with van der Waals surface area (Å²) in [7, 11) is 5.40. The maximum atomic E-state index is 12.8. The third kappa shape index (κ3) is 4.55. The number of anilines is 2. The number of rotatable bonds is 5. The Morgan fingerprint density at radius 2 is 1.54 bits per heavy atom. The summed E-state index contributed by atoms with van der Waals surface area (Å²) in [6.07, 6.45) is 0. The van der Waals surface area contributed by atoms with Crippen molar-refractivity contribution in [3.8, 4) is 0 Å². The first-order valence-corrected chi connectivity index (χ1v) is 7.45. The fraction of sp³-hybridized carbons (Fsp3) is 0.222. The van der Waals surface area contributed by atoms with Crippen molar-refractivity contribution < 1.29 is 14.0 Å². The van der Waals surface area contributed by atoms with Crippen LogP contribution >= 0.6 is 0 Å². The Kier molecular flexibility index (Phi) is 5.52. The summed E-state index contributed by atoms with van der Waals surface area (Å²) >= 11 is 0. The molecule has 0 aliphatic heterocycles. The Morgan fingerprint density at radius 3 is 2.08 bits per heavy atom. The van der Waals surface area contributed by atoms with Crippen LogP contribution in [0.15, 0.2) is 48.5 Å². The molecule has 24 heavy (non-hydrogen) atoms. The van der Waals surface area contributed by atoms with Gasteiger partial charge in [-0.1, -0.05) is 0 Å². The van der Waals surface area contributed by atoms with E-state index in [9.17, 15) is 14.0 Å². The van der Waals surface area contributed by atoms with Crippen LogP contribution in [0.4, 0.5) is 15.8 Å². The van der Waals surface area contributed by atoms with Gasteiger partial charge in [0, 0.05) is 38.1 Å². The highest BCUT2D eigenvalue weighted by atomic mass is 19.1. The molecule has 2 rings (SSSR count). The van der Waals surface area contributed by atoms with Crippen molar-refractivity contribution in [1.29, 1.82) is 0 Å². The highest BCUT2D eigenvalue weighted by molar-refractivity contribution is 5.99. The zero-order valence-electron chi connectivity index (χ0n) is 13.9. The molecule has 0 aromatic heterocycles. The van der Waals surface area contributed by atoms with Crippen molar-refractivity contribution in [2.24, 2.45) is 0 Å². The van der Waals surface area contributed by atoms with E-state index in [1.165, 1.54) is 29.2 Å². The van der Waals surface area contributed by atoms with Crippen LogP contribution in [0.25, 0.3) is 0 Å². The molecule has 0 aliphatic carbocycles. The van der Waals surface area contributed by atoms with Gasteiger partial charge < -0.3 is 15.1 Å². The number of nitrogens with one attached hydrogen (secondary N) is 1. The van der Waals surface area contributed by atoms with Crippen molar-refractivity contribution >= 4 is 23.2 Å². The summed E-state index contributed by atoms with van der Waals surface area (Å²) in [6.45, 7) is -0.0916. The predicted octanol–water partition coefficient (Wildman–Crippen LogP) is 2.60. The Bertz CT molecular complexity index is 712. The number of amides is 2. The van der Waals surface area contributed by atoms with Crippen LogP contribution in [0, 0.1) is 5.82 Å². The van der Waals surface area contributed by atoms with E-state index in [1.54, 1.807) is 19.2 Å². The van der Waals surface area contributed by atoms with E-state index in [2.05, 4.69) is 5.32 Å². The zero-order chi connectivity index (χ0) is 17.7. The Morgan fingerprint density at radius 1 is 0.958 bits per heavy atom. The molecule has 0 saturated heterocycles. The van der Waals surface area contributed by atoms with Gasteiger partial charge in [0.25, 0.3) is 5.91 Å². The maximum absolute atomic E-state index is 12.8. The molecule has 0 saturated carbocycles. The molecule has 2 aromatic rings. The van der Waals surface area contributed by atoms with Crippen LogP contribution in [0.2, 0.25) is 0 Å². The number of halogens is 1. The second kappa shape index (κ2) is 7.59. The molecule has 0 spiro atoms. The molecule has 0 heterocycles. The molecule has 2 aromatic carbocycles. The number of hydrogen-bond donors (Lipinski definition) is 1. The molecular formula is C18H20FN3O2. The molecule has 0 radical (unpaired) electrons. The van der Waals surface area contributed by atoms with Crippen molar-refractivity contribution in [3.05, 3.63) is 59.9 Å². The Balaban J connectivity index is 1.95. The van der Waals surface area contributed by atoms with Gasteiger partial charge in [-0.3, -0.25) is 9.59 Å². The van der Waals surface area contributed by atoms with Crippen molar-refractivity contribution in [3.63, 3.8) is 0 Å². The molecule has 0 fully saturated rings. The molecule has 126 valence electrons. The van der Waals surface area contributed by atoms with Crippen LogP contribution < -0.4 is 10.2 Å². The Labute approximate surface area is 140 Å². The van der Waals surface area contributed by atoms with E-state index in [0.717, 1.165) is 5.69 Å². The third-order valence-electron chi connectivity index (χ3n) is 3.49. The number of carbonyl (C=O) groups excluding carboxylic acids is 2. The summed E-state index contributed by atoms with van der Waals surface area (Å²) in [5.74, 6) is -0.960. The normalized spacial score (nSPS) is 10.2. The first-order valence-electron chi connectivity index (χ1n) is 7.45. The smallest absolute Gasteiger partial charge is 0.254 e. The summed E-state index contributed by atoms with van der Waals surface area (Å²) in [4.78, 5) is 27.6. The molecular weight excluding hydrogens is 309 g/mol. The van der Waals surface area contributed by atoms with E-state index in [-0.39, 0.29) is 24.2 Å². The van der Waals surface area contributed by atoms with Gasteiger partial charge in [0.05, 0.1) is 6.54 Å². The standard InChI is InChI=1S/C18H20FN3O2/c1-21(2)16-10-4-13(5-11-16)18(24)22(3)12-17(23)20-15-8-6-14(19)7-9-15/h4-11H,12H2,1-3H3,(H,20,23). The molecule has 0 bridgehead atoms. The van der Waals surface area contributed by atoms with E-state index in [1.807, 2.05) is 31.1 Å². The molecule has 5 nitrogen and oxygen atoms in total. The lowest BCUT2D eigenvalue weighted by molar-refractivity contribution is -0.116. The number of carbonyl (C=O) groups is 2. The van der Waals surface area contributed by atoms with Crippen LogP contribution in [0.1, 0.15) is 10.4 Å². The summed E-state index contributed by atoms with van der Waals surface area (Å²) in [5.41, 5.74) is 1.98. The monoisotopic (exact) mass is 329 g/mol. The maximum Gasteiger partial charge on any atom is 0.254 e. The van der Waals surface area contributed by atoms with E-state index >= 15 is 0 Å². The first kappa shape index (κ1) is 17.5. The highest BCUT2D eigenvalue weighted by Crippen LogP contribution is 2.13. The summed E-state index contributed by atoms with van der Waals surface area (Å²) in [5, 5.41) is 2.62. The number of hydrogen-bond acceptors (Lipinski definition) is 3. The minimum atomic E-state index is -0.374. The summed E-state index contributed by atoms with van der Waals surface area (Å²) < 4.78 is 12.8. The molecule has 0 unspecified atom stereocenters. The van der Waals surface area contributed by atoms with Gasteiger partial charge in [-0.2, -0.15) is 0 Å². The lowest BCUT2D eigenvalue weighted by Gasteiger charge is -2.18. The van der Waals surface area contributed by atoms with Gasteiger partial charge in [-0.15, -0.1) is 0 Å². The topological polar surface area (TPSA) is 52.7 Å². The SMILES string of the molecule is CN(CC(=O)Nc1ccc(F)cc1)C(=O)c1ccc(N(C)C)cc1. The first-order chi connectivity index (χ1) is 11.4. The second-order valence-electron chi connectivity index (χ2n) is 5.66. The van der Waals surface area contributed by atoms with Gasteiger partial charge >= 0.3 is 0 Å². The largest absolute Gasteiger partial charge is 0.378 e. The third-order valence-corrected chi connectivity index (χ3v) is 3.49. The second-order valence-corrected chi connectivity index (χ2v) is 5.66. The van der Waals surface area contributed by atoms with Gasteiger partial charge in [-0.25, -0.2) is 4.39 Å². The number of nitrogens with zero attached hydrogens (tertiary/aromatic N) is 2. The minimum absolute atomic E-state index is 0.0916. The summed E-state index contributed by atoms with van der Waals surface area (Å²) in [6, 6.07) is 12.6. The van der Waals surface area contributed by atoms with E-state index in [4.69, 9.17) is 0 Å². The average Bonchev–Trinajstić information content (AvgIpc) is 2.56. The number of likely N-dealkylation sites (N-methyl/N-ethyl adjacent to an activating group) is 1. The van der Waals surface area contributed by atoms with Crippen LogP contribution in [-0.2, 0) is 4.79 Å². The molecule has 2 amide bonds. The van der Waals surface area contributed by atoms with Crippen LogP contribution in [0.5, 0.6) is 0 Å². The Hall–Kier alpha value is -2.89. The van der Waals surface area contributed by atoms with Crippen LogP contribution in [-0.4, -0.2) is 44.4 Å². The predicted molar refractivity (Wildman–Crippen MR) is 92.8 cm³/mol. The molecule has 0 aliphatic rings. The van der Waals surface area contributed by atoms with Crippen molar-refractivity contribution in [1.82, 2.24) is 4.90 Å². The highest BCUT2D eigenvalue weighted by Gasteiger charge is 2.15. The zero-order valence-corrected chi connectivity index (χ0v) is 13.9. The van der Waals surface area contributed by atoms with Gasteiger partial charge in [0.1, 0.15) is 5.82 Å². The van der Waals surface area contributed by atoms with E-state index < -0.39 is 0 Å². The van der Waals surface area contributed by atoms with E-state index in [0.29, 0.717) is 11.3 Å². The molecule has 1 N–H and O–H groups in total. The van der Waals surface area contributed by atoms with Gasteiger partial charge in [-0.05, 0) is 48.5 Å². The van der Waals surface area contributed by atoms with Crippen molar-refractivity contribution in [2.75, 3.05) is 37.9 Å². The minimum Gasteiger partial charge on any atom is -0.378 e. The molecule has 6 heteroatoms. The lowest BCUT2D eigenvalue weighted by atomic mass is 10.2. The van der Waals surface area contributed by atoms with Gasteiger partial charge in [0.2, 0.25) is 5.91 Å². The lowest BCUT2D eigenvalue weighted by Crippen LogP contribution is -2.34. The fourth-order valence-corrected chi connectivity index (χ4v) is 2.14. The molecule has 0 atom stereocenters. The van der Waals surface area contributed by atoms with Gasteiger partial charge in [0.15, 0.2) is 0 Å². The van der Waals surface area contributed by atoms with Crippen molar-refractivity contribution in [2.45, 2.75) is 0 Å².